The van der Waals surface area contributed by atoms with E-state index in [1.165, 1.54) is 36.8 Å². The van der Waals surface area contributed by atoms with Crippen molar-refractivity contribution in [3.63, 3.8) is 0 Å². The molecule has 1 amide bonds. The number of nitrogens with one attached hydrogen (secondary N) is 1. The van der Waals surface area contributed by atoms with E-state index in [1.807, 2.05) is 11.0 Å². The molecule has 4 rings (SSSR count). The van der Waals surface area contributed by atoms with Gasteiger partial charge in [-0.05, 0) is 30.4 Å². The van der Waals surface area contributed by atoms with E-state index >= 15 is 0 Å². The summed E-state index contributed by atoms with van der Waals surface area (Å²) in [5.41, 5.74) is 3.14. The minimum absolute atomic E-state index is 0.0110. The van der Waals surface area contributed by atoms with E-state index in [9.17, 15) is 4.79 Å². The van der Waals surface area contributed by atoms with Gasteiger partial charge in [-0.25, -0.2) is 9.97 Å². The van der Waals surface area contributed by atoms with Crippen molar-refractivity contribution in [3.05, 3.63) is 53.3 Å². The van der Waals surface area contributed by atoms with Gasteiger partial charge in [0, 0.05) is 31.5 Å². The Morgan fingerprint density at radius 2 is 1.79 bits per heavy atom. The zero-order valence-corrected chi connectivity index (χ0v) is 13.7. The van der Waals surface area contributed by atoms with Crippen LogP contribution in [0.2, 0.25) is 0 Å². The molecule has 2 aliphatic rings. The Balaban J connectivity index is 1.43. The van der Waals surface area contributed by atoms with Crippen molar-refractivity contribution in [2.24, 2.45) is 0 Å². The fourth-order valence-corrected chi connectivity index (χ4v) is 3.62. The first kappa shape index (κ1) is 15.1. The van der Waals surface area contributed by atoms with E-state index in [2.05, 4.69) is 33.5 Å². The van der Waals surface area contributed by atoms with Crippen molar-refractivity contribution in [2.45, 2.75) is 44.7 Å². The van der Waals surface area contributed by atoms with Gasteiger partial charge in [-0.15, -0.1) is 0 Å². The standard InChI is InChI=1S/C19H22N4O/c24-18(23-10-9-14-5-1-2-6-15(14)13-23)16-11-20-19(21-12-16)22-17-7-3-4-8-17/h1-2,5-6,11-12,17H,3-4,7-10,13H2,(H,20,21,22). The summed E-state index contributed by atoms with van der Waals surface area (Å²) in [6.45, 7) is 1.41. The molecule has 1 aliphatic heterocycles. The summed E-state index contributed by atoms with van der Waals surface area (Å²) in [5.74, 6) is 0.638. The molecule has 24 heavy (non-hydrogen) atoms. The van der Waals surface area contributed by atoms with Gasteiger partial charge in [0.1, 0.15) is 0 Å². The van der Waals surface area contributed by atoms with E-state index in [0.717, 1.165) is 13.0 Å². The van der Waals surface area contributed by atoms with E-state index < -0.39 is 0 Å². The van der Waals surface area contributed by atoms with Crippen LogP contribution < -0.4 is 5.32 Å². The van der Waals surface area contributed by atoms with Crippen LogP contribution in [0.3, 0.4) is 0 Å². The highest BCUT2D eigenvalue weighted by Gasteiger charge is 2.22. The lowest BCUT2D eigenvalue weighted by atomic mass is 9.99. The van der Waals surface area contributed by atoms with Crippen molar-refractivity contribution >= 4 is 11.9 Å². The van der Waals surface area contributed by atoms with Crippen molar-refractivity contribution in [1.82, 2.24) is 14.9 Å². The molecule has 1 saturated carbocycles. The quantitative estimate of drug-likeness (QED) is 0.943. The number of carbonyl (C=O) groups is 1. The molecule has 5 heteroatoms. The van der Waals surface area contributed by atoms with Gasteiger partial charge in [0.2, 0.25) is 5.95 Å². The summed E-state index contributed by atoms with van der Waals surface area (Å²) in [4.78, 5) is 23.2. The molecule has 0 unspecified atom stereocenters. The van der Waals surface area contributed by atoms with Gasteiger partial charge in [0.05, 0.1) is 5.56 Å². The molecular weight excluding hydrogens is 300 g/mol. The summed E-state index contributed by atoms with van der Waals surface area (Å²) < 4.78 is 0. The average molecular weight is 322 g/mol. The third-order valence-electron chi connectivity index (χ3n) is 5.01. The number of rotatable bonds is 3. The van der Waals surface area contributed by atoms with E-state index in [-0.39, 0.29) is 5.91 Å². The maximum atomic E-state index is 12.7. The molecule has 5 nitrogen and oxygen atoms in total. The molecule has 1 fully saturated rings. The predicted octanol–water partition coefficient (Wildman–Crippen LogP) is 3.03. The smallest absolute Gasteiger partial charge is 0.257 e. The van der Waals surface area contributed by atoms with Crippen molar-refractivity contribution < 1.29 is 4.79 Å². The van der Waals surface area contributed by atoms with Gasteiger partial charge in [0.15, 0.2) is 0 Å². The Labute approximate surface area is 142 Å². The molecule has 124 valence electrons. The van der Waals surface area contributed by atoms with Crippen LogP contribution in [0.25, 0.3) is 0 Å². The van der Waals surface area contributed by atoms with E-state index in [1.54, 1.807) is 12.4 Å². The van der Waals surface area contributed by atoms with Crippen molar-refractivity contribution in [3.8, 4) is 0 Å². The van der Waals surface area contributed by atoms with Gasteiger partial charge in [-0.1, -0.05) is 37.1 Å². The monoisotopic (exact) mass is 322 g/mol. The molecule has 0 bridgehead atoms. The molecule has 0 atom stereocenters. The largest absolute Gasteiger partial charge is 0.351 e. The van der Waals surface area contributed by atoms with Gasteiger partial charge in [-0.3, -0.25) is 4.79 Å². The molecular formula is C19H22N4O. The topological polar surface area (TPSA) is 58.1 Å². The highest BCUT2D eigenvalue weighted by Crippen LogP contribution is 2.22. The molecule has 0 spiro atoms. The number of anilines is 1. The average Bonchev–Trinajstić information content (AvgIpc) is 3.14. The number of aromatic nitrogens is 2. The number of hydrogen-bond acceptors (Lipinski definition) is 4. The Morgan fingerprint density at radius 1 is 1.08 bits per heavy atom. The maximum Gasteiger partial charge on any atom is 0.257 e. The number of hydrogen-bond donors (Lipinski definition) is 1. The Bertz CT molecular complexity index is 722. The van der Waals surface area contributed by atoms with Crippen molar-refractivity contribution in [1.29, 1.82) is 0 Å². The van der Waals surface area contributed by atoms with Crippen LogP contribution in [0.5, 0.6) is 0 Å². The van der Waals surface area contributed by atoms with Crippen LogP contribution in [-0.4, -0.2) is 33.4 Å². The predicted molar refractivity (Wildman–Crippen MR) is 92.8 cm³/mol. The molecule has 0 radical (unpaired) electrons. The fourth-order valence-electron chi connectivity index (χ4n) is 3.62. The molecule has 1 aromatic carbocycles. The zero-order valence-electron chi connectivity index (χ0n) is 13.7. The molecule has 0 saturated heterocycles. The molecule has 1 aromatic heterocycles. The highest BCUT2D eigenvalue weighted by molar-refractivity contribution is 5.93. The Morgan fingerprint density at radius 3 is 2.54 bits per heavy atom. The summed E-state index contributed by atoms with van der Waals surface area (Å²) in [7, 11) is 0. The first-order valence-corrected chi connectivity index (χ1v) is 8.74. The van der Waals surface area contributed by atoms with E-state index in [4.69, 9.17) is 0 Å². The van der Waals surface area contributed by atoms with Crippen LogP contribution in [0.1, 0.15) is 47.2 Å². The van der Waals surface area contributed by atoms with Crippen molar-refractivity contribution in [2.75, 3.05) is 11.9 Å². The molecule has 1 aliphatic carbocycles. The highest BCUT2D eigenvalue weighted by atomic mass is 16.2. The molecule has 1 N–H and O–H groups in total. The number of amides is 1. The van der Waals surface area contributed by atoms with Crippen LogP contribution in [-0.2, 0) is 13.0 Å². The minimum Gasteiger partial charge on any atom is -0.351 e. The lowest BCUT2D eigenvalue weighted by molar-refractivity contribution is 0.0734. The van der Waals surface area contributed by atoms with E-state index in [0.29, 0.717) is 24.1 Å². The van der Waals surface area contributed by atoms with Gasteiger partial charge < -0.3 is 10.2 Å². The normalized spacial score (nSPS) is 17.6. The minimum atomic E-state index is 0.0110. The first-order chi connectivity index (χ1) is 11.8. The number of benzene rings is 1. The van der Waals surface area contributed by atoms with Crippen LogP contribution in [0.4, 0.5) is 5.95 Å². The lowest BCUT2D eigenvalue weighted by Crippen LogP contribution is -2.36. The van der Waals surface area contributed by atoms with Crippen LogP contribution in [0.15, 0.2) is 36.7 Å². The number of nitrogens with zero attached hydrogens (tertiary/aromatic N) is 3. The third-order valence-corrected chi connectivity index (χ3v) is 5.01. The summed E-state index contributed by atoms with van der Waals surface area (Å²) in [6.07, 6.45) is 9.09. The van der Waals surface area contributed by atoms with Crippen LogP contribution in [0, 0.1) is 0 Å². The second-order valence-electron chi connectivity index (χ2n) is 6.67. The second-order valence-corrected chi connectivity index (χ2v) is 6.67. The lowest BCUT2D eigenvalue weighted by Gasteiger charge is -2.28. The SMILES string of the molecule is O=C(c1cnc(NC2CCCC2)nc1)N1CCc2ccccc2C1. The Hall–Kier alpha value is -2.43. The Kier molecular flexibility index (Phi) is 4.15. The third kappa shape index (κ3) is 3.11. The summed E-state index contributed by atoms with van der Waals surface area (Å²) in [6, 6.07) is 8.80. The fraction of sp³-hybridized carbons (Fsp3) is 0.421. The zero-order chi connectivity index (χ0) is 16.4. The summed E-state index contributed by atoms with van der Waals surface area (Å²) in [5, 5.41) is 3.35. The first-order valence-electron chi connectivity index (χ1n) is 8.74. The maximum absolute atomic E-state index is 12.7. The van der Waals surface area contributed by atoms with Gasteiger partial charge in [0.25, 0.3) is 5.91 Å². The molecule has 2 aromatic rings. The molecule has 2 heterocycles. The number of fused-ring (bicyclic) bond motifs is 1. The summed E-state index contributed by atoms with van der Waals surface area (Å²) >= 11 is 0. The van der Waals surface area contributed by atoms with Gasteiger partial charge in [-0.2, -0.15) is 0 Å². The number of carbonyl (C=O) groups excluding carboxylic acids is 1. The van der Waals surface area contributed by atoms with Crippen LogP contribution >= 0.6 is 0 Å². The second kappa shape index (κ2) is 6.59. The van der Waals surface area contributed by atoms with Gasteiger partial charge >= 0.3 is 0 Å².